The molecule has 0 spiro atoms. The number of carbonyl (C=O) groups excluding carboxylic acids is 1. The van der Waals surface area contributed by atoms with Gasteiger partial charge in [-0.25, -0.2) is 8.42 Å². The summed E-state index contributed by atoms with van der Waals surface area (Å²) in [5.74, 6) is -0.0197. The number of rotatable bonds is 6. The van der Waals surface area contributed by atoms with Gasteiger partial charge in [0.15, 0.2) is 0 Å². The number of pyridine rings is 1. The minimum Gasteiger partial charge on any atom is -0.336 e. The standard InChI is InChI=1S/C20H26N4O3S/c1-3-28(26,27)22-19-8-6-17(7-9-19)20(25)24-13-11-23(12-14-24)16(2)18-5-4-10-21-15-18/h4-10,15-16,22H,3,11-14H2,1-2H3. The lowest BCUT2D eigenvalue weighted by molar-refractivity contribution is 0.0582. The molecule has 1 aliphatic heterocycles. The zero-order valence-corrected chi connectivity index (χ0v) is 17.0. The summed E-state index contributed by atoms with van der Waals surface area (Å²) in [5, 5.41) is 0. The molecule has 0 saturated carbocycles. The summed E-state index contributed by atoms with van der Waals surface area (Å²) >= 11 is 0. The van der Waals surface area contributed by atoms with Crippen LogP contribution in [0.25, 0.3) is 0 Å². The second-order valence-electron chi connectivity index (χ2n) is 6.87. The molecule has 1 amide bonds. The van der Waals surface area contributed by atoms with Crippen molar-refractivity contribution in [3.8, 4) is 0 Å². The summed E-state index contributed by atoms with van der Waals surface area (Å²) in [6.45, 7) is 6.66. The van der Waals surface area contributed by atoms with E-state index in [1.165, 1.54) is 5.56 Å². The lowest BCUT2D eigenvalue weighted by Gasteiger charge is -2.38. The van der Waals surface area contributed by atoms with Crippen molar-refractivity contribution in [1.82, 2.24) is 14.8 Å². The van der Waals surface area contributed by atoms with E-state index in [-0.39, 0.29) is 17.7 Å². The molecule has 2 aromatic rings. The molecule has 1 unspecified atom stereocenters. The molecular weight excluding hydrogens is 376 g/mol. The van der Waals surface area contributed by atoms with Gasteiger partial charge in [-0.1, -0.05) is 6.07 Å². The Balaban J connectivity index is 1.58. The first-order chi connectivity index (χ1) is 13.4. The second kappa shape index (κ2) is 8.70. The molecule has 1 fully saturated rings. The molecule has 0 aliphatic carbocycles. The SMILES string of the molecule is CCS(=O)(=O)Nc1ccc(C(=O)N2CCN(C(C)c3cccnc3)CC2)cc1. The first-order valence-electron chi connectivity index (χ1n) is 9.43. The van der Waals surface area contributed by atoms with Gasteiger partial charge >= 0.3 is 0 Å². The Kier molecular flexibility index (Phi) is 6.31. The van der Waals surface area contributed by atoms with Gasteiger partial charge in [0.05, 0.1) is 5.75 Å². The number of nitrogens with zero attached hydrogens (tertiary/aromatic N) is 3. The van der Waals surface area contributed by atoms with Gasteiger partial charge in [-0.2, -0.15) is 0 Å². The molecule has 1 aliphatic rings. The fraction of sp³-hybridized carbons (Fsp3) is 0.400. The van der Waals surface area contributed by atoms with E-state index in [1.807, 2.05) is 17.2 Å². The highest BCUT2D eigenvalue weighted by Gasteiger charge is 2.25. The molecule has 8 heteroatoms. The average Bonchev–Trinajstić information content (AvgIpc) is 2.74. The fourth-order valence-corrected chi connectivity index (χ4v) is 3.90. The molecule has 1 aromatic heterocycles. The predicted molar refractivity (Wildman–Crippen MR) is 110 cm³/mol. The summed E-state index contributed by atoms with van der Waals surface area (Å²) in [7, 11) is -3.32. The monoisotopic (exact) mass is 402 g/mol. The van der Waals surface area contributed by atoms with Crippen LogP contribution in [0.15, 0.2) is 48.8 Å². The molecular formula is C20H26N4O3S. The van der Waals surface area contributed by atoms with Crippen LogP contribution in [0.4, 0.5) is 5.69 Å². The number of hydrogen-bond donors (Lipinski definition) is 1. The summed E-state index contributed by atoms with van der Waals surface area (Å²) in [6.07, 6.45) is 3.65. The van der Waals surface area contributed by atoms with E-state index < -0.39 is 10.0 Å². The second-order valence-corrected chi connectivity index (χ2v) is 8.88. The van der Waals surface area contributed by atoms with Crippen LogP contribution < -0.4 is 4.72 Å². The molecule has 150 valence electrons. The zero-order valence-electron chi connectivity index (χ0n) is 16.2. The summed E-state index contributed by atoms with van der Waals surface area (Å²) in [5.41, 5.74) is 2.20. The molecule has 7 nitrogen and oxygen atoms in total. The highest BCUT2D eigenvalue weighted by molar-refractivity contribution is 7.92. The first kappa shape index (κ1) is 20.3. The normalized spacial score (nSPS) is 16.6. The van der Waals surface area contributed by atoms with Gasteiger partial charge in [0.1, 0.15) is 0 Å². The number of carbonyl (C=O) groups is 1. The van der Waals surface area contributed by atoms with E-state index in [0.29, 0.717) is 24.3 Å². The Morgan fingerprint density at radius 1 is 1.14 bits per heavy atom. The number of anilines is 1. The van der Waals surface area contributed by atoms with Crippen LogP contribution in [-0.4, -0.2) is 61.0 Å². The maximum atomic E-state index is 12.8. The van der Waals surface area contributed by atoms with Gasteiger partial charge < -0.3 is 4.90 Å². The molecule has 2 heterocycles. The summed E-state index contributed by atoms with van der Waals surface area (Å²) in [6, 6.07) is 10.9. The third kappa shape index (κ3) is 4.88. The molecule has 28 heavy (non-hydrogen) atoms. The highest BCUT2D eigenvalue weighted by atomic mass is 32.2. The Morgan fingerprint density at radius 2 is 1.82 bits per heavy atom. The number of nitrogens with one attached hydrogen (secondary N) is 1. The molecule has 3 rings (SSSR count). The largest absolute Gasteiger partial charge is 0.336 e. The minimum absolute atomic E-state index is 0.00935. The summed E-state index contributed by atoms with van der Waals surface area (Å²) < 4.78 is 25.7. The van der Waals surface area contributed by atoms with Crippen molar-refractivity contribution >= 4 is 21.6 Å². The quantitative estimate of drug-likeness (QED) is 0.802. The van der Waals surface area contributed by atoms with Gasteiger partial charge in [-0.3, -0.25) is 19.4 Å². The van der Waals surface area contributed by atoms with E-state index >= 15 is 0 Å². The van der Waals surface area contributed by atoms with Crippen molar-refractivity contribution in [3.63, 3.8) is 0 Å². The van der Waals surface area contributed by atoms with Crippen molar-refractivity contribution < 1.29 is 13.2 Å². The number of benzene rings is 1. The van der Waals surface area contributed by atoms with Crippen LogP contribution in [0.3, 0.4) is 0 Å². The van der Waals surface area contributed by atoms with Gasteiger partial charge in [0, 0.05) is 55.9 Å². The van der Waals surface area contributed by atoms with E-state index in [4.69, 9.17) is 0 Å². The number of sulfonamides is 1. The Hall–Kier alpha value is -2.45. The third-order valence-corrected chi connectivity index (χ3v) is 6.41. The number of amides is 1. The van der Waals surface area contributed by atoms with Crippen LogP contribution in [-0.2, 0) is 10.0 Å². The minimum atomic E-state index is -3.32. The van der Waals surface area contributed by atoms with E-state index in [9.17, 15) is 13.2 Å². The fourth-order valence-electron chi connectivity index (χ4n) is 3.26. The third-order valence-electron chi connectivity index (χ3n) is 5.10. The van der Waals surface area contributed by atoms with E-state index in [1.54, 1.807) is 37.4 Å². The molecule has 1 atom stereocenters. The van der Waals surface area contributed by atoms with E-state index in [0.717, 1.165) is 13.1 Å². The lowest BCUT2D eigenvalue weighted by Crippen LogP contribution is -2.49. The topological polar surface area (TPSA) is 82.6 Å². The smallest absolute Gasteiger partial charge is 0.253 e. The number of piperazine rings is 1. The number of aromatic nitrogens is 1. The average molecular weight is 403 g/mol. The van der Waals surface area contributed by atoms with Gasteiger partial charge in [-0.05, 0) is 49.7 Å². The first-order valence-corrected chi connectivity index (χ1v) is 11.1. The molecule has 0 bridgehead atoms. The maximum Gasteiger partial charge on any atom is 0.253 e. The highest BCUT2D eigenvalue weighted by Crippen LogP contribution is 2.21. The van der Waals surface area contributed by atoms with Crippen molar-refractivity contribution in [1.29, 1.82) is 0 Å². The van der Waals surface area contributed by atoms with Crippen LogP contribution in [0.1, 0.15) is 35.8 Å². The molecule has 1 saturated heterocycles. The molecule has 0 radical (unpaired) electrons. The van der Waals surface area contributed by atoms with Crippen molar-refractivity contribution in [2.24, 2.45) is 0 Å². The predicted octanol–water partition coefficient (Wildman–Crippen LogP) is 2.36. The van der Waals surface area contributed by atoms with Crippen LogP contribution in [0.2, 0.25) is 0 Å². The Labute approximate surface area is 166 Å². The van der Waals surface area contributed by atoms with Crippen molar-refractivity contribution in [3.05, 3.63) is 59.9 Å². The zero-order chi connectivity index (χ0) is 20.1. The van der Waals surface area contributed by atoms with Crippen molar-refractivity contribution in [2.45, 2.75) is 19.9 Å². The van der Waals surface area contributed by atoms with Crippen LogP contribution in [0, 0.1) is 0 Å². The maximum absolute atomic E-state index is 12.8. The summed E-state index contributed by atoms with van der Waals surface area (Å²) in [4.78, 5) is 21.1. The van der Waals surface area contributed by atoms with Gasteiger partial charge in [0.25, 0.3) is 5.91 Å². The van der Waals surface area contributed by atoms with Crippen LogP contribution >= 0.6 is 0 Å². The lowest BCUT2D eigenvalue weighted by atomic mass is 10.1. The Bertz CT molecular complexity index is 893. The van der Waals surface area contributed by atoms with Gasteiger partial charge in [0.2, 0.25) is 10.0 Å². The van der Waals surface area contributed by atoms with Crippen molar-refractivity contribution in [2.75, 3.05) is 36.7 Å². The Morgan fingerprint density at radius 3 is 2.39 bits per heavy atom. The molecule has 1 N–H and O–H groups in total. The molecule has 1 aromatic carbocycles. The van der Waals surface area contributed by atoms with Gasteiger partial charge in [-0.15, -0.1) is 0 Å². The van der Waals surface area contributed by atoms with E-state index in [2.05, 4.69) is 27.6 Å². The number of hydrogen-bond acceptors (Lipinski definition) is 5. The van der Waals surface area contributed by atoms with Crippen LogP contribution in [0.5, 0.6) is 0 Å².